The number of aryl methyl sites for hydroxylation is 1. The highest BCUT2D eigenvalue weighted by Crippen LogP contribution is 2.55. The van der Waals surface area contributed by atoms with Gasteiger partial charge in [0.25, 0.3) is 0 Å². The Morgan fingerprint density at radius 1 is 1.09 bits per heavy atom. The van der Waals surface area contributed by atoms with Crippen LogP contribution < -0.4 is 14.4 Å². The molecule has 4 atom stereocenters. The molecule has 0 amide bonds. The number of methoxy groups -OCH3 is 2. The Morgan fingerprint density at radius 2 is 1.82 bits per heavy atom. The summed E-state index contributed by atoms with van der Waals surface area (Å²) in [6.45, 7) is 3.79. The Bertz CT molecular complexity index is 1400. The number of hydrogen-bond acceptors (Lipinski definition) is 7. The molecule has 8 nitrogen and oxygen atoms in total. The van der Waals surface area contributed by atoms with E-state index in [4.69, 9.17) is 9.47 Å². The molecule has 176 valence electrons. The van der Waals surface area contributed by atoms with Gasteiger partial charge in [-0.15, -0.1) is 0 Å². The van der Waals surface area contributed by atoms with Crippen LogP contribution in [0.25, 0.3) is 10.9 Å². The van der Waals surface area contributed by atoms with Gasteiger partial charge in [-0.25, -0.2) is 0 Å². The summed E-state index contributed by atoms with van der Waals surface area (Å²) < 4.78 is 11.2. The first-order valence-electron chi connectivity index (χ1n) is 11.5. The number of phenolic OH excluding ortho intramolecular Hbond substituents is 2. The molecule has 3 aromatic rings. The van der Waals surface area contributed by atoms with Crippen LogP contribution >= 0.6 is 0 Å². The Balaban J connectivity index is 1.63. The smallest absolute Gasteiger partial charge is 0.163 e. The van der Waals surface area contributed by atoms with Gasteiger partial charge in [0.2, 0.25) is 0 Å². The first-order chi connectivity index (χ1) is 16.3. The van der Waals surface area contributed by atoms with E-state index in [9.17, 15) is 15.5 Å². The van der Waals surface area contributed by atoms with Crippen LogP contribution in [0.3, 0.4) is 0 Å². The second-order valence-electron chi connectivity index (χ2n) is 9.69. The number of H-pyrrole nitrogens is 1. The Hall–Kier alpha value is -3.57. The number of benzene rings is 2. The highest BCUT2D eigenvalue weighted by atomic mass is 16.5. The van der Waals surface area contributed by atoms with Crippen molar-refractivity contribution in [3.05, 3.63) is 40.1 Å². The third-order valence-corrected chi connectivity index (χ3v) is 8.24. The molecule has 3 N–H and O–H groups in total. The maximum Gasteiger partial charge on any atom is 0.163 e. The molecule has 1 aromatic heterocycles. The van der Waals surface area contributed by atoms with E-state index in [2.05, 4.69) is 26.9 Å². The minimum atomic E-state index is -0.384. The van der Waals surface area contributed by atoms with Crippen molar-refractivity contribution in [2.75, 3.05) is 26.2 Å². The fourth-order valence-electron chi connectivity index (χ4n) is 6.83. The van der Waals surface area contributed by atoms with Crippen LogP contribution in [0, 0.1) is 25.2 Å². The van der Waals surface area contributed by atoms with Crippen molar-refractivity contribution in [3.8, 4) is 29.1 Å². The number of ether oxygens (including phenoxy) is 2. The number of anilines is 1. The molecule has 0 radical (unpaired) electrons. The van der Waals surface area contributed by atoms with Crippen LogP contribution in [0.5, 0.6) is 23.0 Å². The average Bonchev–Trinajstić information content (AvgIpc) is 3.24. The molecule has 4 heterocycles. The minimum absolute atomic E-state index is 0.0432. The molecular formula is C26H28N4O4. The number of rotatable bonds is 2. The maximum atomic E-state index is 11.3. The molecule has 2 aromatic carbocycles. The Labute approximate surface area is 197 Å². The number of piperazine rings is 1. The van der Waals surface area contributed by atoms with Gasteiger partial charge in [-0.1, -0.05) is 6.07 Å². The fraction of sp³-hybridized carbons (Fsp3) is 0.423. The predicted molar refractivity (Wildman–Crippen MR) is 128 cm³/mol. The SMILES string of the molecule is COc1c(C)cc2c(c1O)C1C3Cc4c(O)c(C)c(OC)c5[nH]cc(c45)N3[C@@H](C#N)[C@H](C2)N1C. The predicted octanol–water partition coefficient (Wildman–Crippen LogP) is 3.45. The molecule has 6 rings (SSSR count). The number of phenols is 2. The van der Waals surface area contributed by atoms with Crippen molar-refractivity contribution in [1.29, 1.82) is 5.26 Å². The molecule has 2 unspecified atom stereocenters. The number of aromatic amines is 1. The summed E-state index contributed by atoms with van der Waals surface area (Å²) in [5.74, 6) is 1.50. The van der Waals surface area contributed by atoms with Gasteiger partial charge in [-0.05, 0) is 44.9 Å². The van der Waals surface area contributed by atoms with Crippen molar-refractivity contribution in [2.24, 2.45) is 0 Å². The third-order valence-electron chi connectivity index (χ3n) is 8.24. The minimum Gasteiger partial charge on any atom is -0.507 e. The number of likely N-dealkylation sites (N-methyl/N-ethyl adjacent to an activating group) is 1. The molecule has 3 aliphatic heterocycles. The maximum absolute atomic E-state index is 11.3. The lowest BCUT2D eigenvalue weighted by atomic mass is 9.73. The second-order valence-corrected chi connectivity index (χ2v) is 9.69. The normalized spacial score (nSPS) is 25.0. The Morgan fingerprint density at radius 3 is 2.50 bits per heavy atom. The molecule has 0 saturated carbocycles. The third kappa shape index (κ3) is 2.35. The van der Waals surface area contributed by atoms with E-state index in [1.54, 1.807) is 14.2 Å². The molecule has 2 bridgehead atoms. The highest BCUT2D eigenvalue weighted by molar-refractivity contribution is 6.03. The van der Waals surface area contributed by atoms with Crippen molar-refractivity contribution < 1.29 is 19.7 Å². The van der Waals surface area contributed by atoms with E-state index < -0.39 is 0 Å². The van der Waals surface area contributed by atoms with Gasteiger partial charge in [-0.3, -0.25) is 4.90 Å². The van der Waals surface area contributed by atoms with Crippen molar-refractivity contribution in [3.63, 3.8) is 0 Å². The first kappa shape index (κ1) is 21.0. The summed E-state index contributed by atoms with van der Waals surface area (Å²) in [6, 6.07) is 3.91. The number of fused-ring (bicyclic) bond motifs is 7. The first-order valence-corrected chi connectivity index (χ1v) is 11.5. The van der Waals surface area contributed by atoms with Gasteiger partial charge in [0.05, 0.1) is 43.6 Å². The van der Waals surface area contributed by atoms with Crippen molar-refractivity contribution in [2.45, 2.75) is 50.9 Å². The largest absolute Gasteiger partial charge is 0.507 e. The quantitative estimate of drug-likeness (QED) is 0.538. The lowest BCUT2D eigenvalue weighted by Crippen LogP contribution is -2.67. The van der Waals surface area contributed by atoms with Gasteiger partial charge in [0, 0.05) is 34.3 Å². The number of nitrogens with one attached hydrogen (secondary N) is 1. The monoisotopic (exact) mass is 460 g/mol. The fourth-order valence-corrected chi connectivity index (χ4v) is 6.83. The van der Waals surface area contributed by atoms with E-state index in [0.717, 1.165) is 38.8 Å². The summed E-state index contributed by atoms with van der Waals surface area (Å²) >= 11 is 0. The topological polar surface area (TPSA) is 105 Å². The summed E-state index contributed by atoms with van der Waals surface area (Å²) in [7, 11) is 5.21. The summed E-state index contributed by atoms with van der Waals surface area (Å²) in [5, 5.41) is 33.8. The molecule has 34 heavy (non-hydrogen) atoms. The van der Waals surface area contributed by atoms with Crippen LogP contribution in [0.2, 0.25) is 0 Å². The number of nitrogens with zero attached hydrogens (tertiary/aromatic N) is 3. The van der Waals surface area contributed by atoms with Gasteiger partial charge in [0.15, 0.2) is 11.5 Å². The molecule has 3 aliphatic rings. The summed E-state index contributed by atoms with van der Waals surface area (Å²) in [6.07, 6.45) is 3.11. The summed E-state index contributed by atoms with van der Waals surface area (Å²) in [5.41, 5.74) is 6.06. The lowest BCUT2D eigenvalue weighted by molar-refractivity contribution is 0.0759. The average molecular weight is 461 g/mol. The van der Waals surface area contributed by atoms with E-state index in [1.807, 2.05) is 27.1 Å². The van der Waals surface area contributed by atoms with Crippen molar-refractivity contribution in [1.82, 2.24) is 9.88 Å². The van der Waals surface area contributed by atoms with Gasteiger partial charge >= 0.3 is 0 Å². The molecule has 8 heteroatoms. The second kappa shape index (κ2) is 6.97. The molecular weight excluding hydrogens is 432 g/mol. The van der Waals surface area contributed by atoms with Crippen LogP contribution in [0.15, 0.2) is 12.3 Å². The summed E-state index contributed by atoms with van der Waals surface area (Å²) in [4.78, 5) is 7.78. The molecule has 0 aliphatic carbocycles. The number of hydrogen-bond donors (Lipinski definition) is 3. The Kier molecular flexibility index (Phi) is 4.30. The van der Waals surface area contributed by atoms with Gasteiger partial charge < -0.3 is 29.6 Å². The van der Waals surface area contributed by atoms with Crippen LogP contribution in [-0.4, -0.2) is 59.5 Å². The van der Waals surface area contributed by atoms with Crippen LogP contribution in [0.4, 0.5) is 5.69 Å². The number of nitriles is 1. The van der Waals surface area contributed by atoms with Crippen LogP contribution in [-0.2, 0) is 12.8 Å². The standard InChI is InChI=1S/C26H28N4O4/c1-11-6-13-7-15-17(9-27)30-16(22(29(15)3)19(13)24(32)25(11)33-4)8-14-20-18(30)10-28-21(20)26(34-5)12(2)23(14)31/h6,10,15-17,22,28,31-32H,7-8H2,1-5H3/t15-,16?,17-,22?/m0/s1. The molecule has 1 fully saturated rings. The number of aromatic hydroxyl groups is 2. The van der Waals surface area contributed by atoms with E-state index in [0.29, 0.717) is 29.9 Å². The van der Waals surface area contributed by atoms with Crippen LogP contribution in [0.1, 0.15) is 33.9 Å². The molecule has 0 spiro atoms. The van der Waals surface area contributed by atoms with E-state index >= 15 is 0 Å². The lowest BCUT2D eigenvalue weighted by Gasteiger charge is -2.58. The highest BCUT2D eigenvalue weighted by Gasteiger charge is 2.53. The van der Waals surface area contributed by atoms with E-state index in [1.165, 1.54) is 0 Å². The van der Waals surface area contributed by atoms with Gasteiger partial charge in [-0.2, -0.15) is 5.26 Å². The molecule has 1 saturated heterocycles. The zero-order chi connectivity index (χ0) is 24.0. The van der Waals surface area contributed by atoms with E-state index in [-0.39, 0.29) is 35.7 Å². The van der Waals surface area contributed by atoms with Crippen molar-refractivity contribution >= 4 is 16.6 Å². The zero-order valence-electron chi connectivity index (χ0n) is 19.9. The zero-order valence-corrected chi connectivity index (χ0v) is 19.9. The van der Waals surface area contributed by atoms with Gasteiger partial charge in [0.1, 0.15) is 17.5 Å². The number of aromatic nitrogens is 1.